The summed E-state index contributed by atoms with van der Waals surface area (Å²) >= 11 is 0. The Hall–Kier alpha value is -3.28. The first-order chi connectivity index (χ1) is 14.3. The smallest absolute Gasteiger partial charge is 0.247 e. The van der Waals surface area contributed by atoms with Gasteiger partial charge >= 0.3 is 0 Å². The molecule has 0 bridgehead atoms. The Balaban J connectivity index is 1.45. The lowest BCUT2D eigenvalue weighted by atomic mass is 9.95. The van der Waals surface area contributed by atoms with Gasteiger partial charge in [0, 0.05) is 34.7 Å². The molecule has 1 aliphatic rings. The van der Waals surface area contributed by atoms with Gasteiger partial charge in [0.1, 0.15) is 11.3 Å². The molecule has 4 rings (SSSR count). The van der Waals surface area contributed by atoms with E-state index in [4.69, 9.17) is 9.15 Å². The maximum Gasteiger partial charge on any atom is 0.247 e. The standard InChI is InChI=1S/C24H27N3O3/c1-15(9-17-10-20-22(25-11-17)27-13-24(3,4)14-29-20)23(28)26-12-21-16(2)18-7-5-6-8-19(18)30-21/h5-11H,12-14H2,1-4H3,(H,25,27)(H,26,28). The zero-order valence-electron chi connectivity index (χ0n) is 17.8. The highest BCUT2D eigenvalue weighted by Gasteiger charge is 2.24. The largest absolute Gasteiger partial charge is 0.489 e. The first-order valence-electron chi connectivity index (χ1n) is 10.1. The Morgan fingerprint density at radius 3 is 2.93 bits per heavy atom. The summed E-state index contributed by atoms with van der Waals surface area (Å²) in [5.74, 6) is 2.07. The lowest BCUT2D eigenvalue weighted by Gasteiger charge is -2.20. The van der Waals surface area contributed by atoms with Crippen LogP contribution in [0.4, 0.5) is 5.82 Å². The Kier molecular flexibility index (Phi) is 5.24. The van der Waals surface area contributed by atoms with Crippen molar-refractivity contribution in [3.63, 3.8) is 0 Å². The van der Waals surface area contributed by atoms with Crippen molar-refractivity contribution in [2.24, 2.45) is 5.41 Å². The molecule has 30 heavy (non-hydrogen) atoms. The molecule has 0 unspecified atom stereocenters. The Morgan fingerprint density at radius 2 is 2.13 bits per heavy atom. The zero-order chi connectivity index (χ0) is 21.3. The van der Waals surface area contributed by atoms with Crippen LogP contribution in [0.1, 0.15) is 37.7 Å². The molecule has 6 heteroatoms. The van der Waals surface area contributed by atoms with E-state index in [2.05, 4.69) is 29.5 Å². The number of amides is 1. The number of aryl methyl sites for hydroxylation is 1. The van der Waals surface area contributed by atoms with Gasteiger partial charge in [-0.3, -0.25) is 4.79 Å². The monoisotopic (exact) mass is 405 g/mol. The second kappa shape index (κ2) is 7.86. The molecule has 3 heterocycles. The van der Waals surface area contributed by atoms with Crippen LogP contribution in [0.15, 0.2) is 46.5 Å². The molecular weight excluding hydrogens is 378 g/mol. The lowest BCUT2D eigenvalue weighted by Crippen LogP contribution is -2.27. The van der Waals surface area contributed by atoms with Crippen molar-refractivity contribution in [3.8, 4) is 5.75 Å². The highest BCUT2D eigenvalue weighted by Crippen LogP contribution is 2.31. The number of carbonyl (C=O) groups excluding carboxylic acids is 1. The van der Waals surface area contributed by atoms with E-state index in [1.807, 2.05) is 43.3 Å². The topological polar surface area (TPSA) is 76.4 Å². The number of benzene rings is 1. The fourth-order valence-corrected chi connectivity index (χ4v) is 3.44. The number of anilines is 1. The van der Waals surface area contributed by atoms with Crippen LogP contribution < -0.4 is 15.4 Å². The zero-order valence-corrected chi connectivity index (χ0v) is 17.8. The van der Waals surface area contributed by atoms with E-state index in [1.54, 1.807) is 13.1 Å². The summed E-state index contributed by atoms with van der Waals surface area (Å²) < 4.78 is 11.8. The maximum absolute atomic E-state index is 12.6. The molecule has 1 aliphatic heterocycles. The van der Waals surface area contributed by atoms with E-state index < -0.39 is 0 Å². The third-order valence-electron chi connectivity index (χ3n) is 5.32. The first kappa shape index (κ1) is 20.0. The number of aromatic nitrogens is 1. The second-order valence-corrected chi connectivity index (χ2v) is 8.58. The molecule has 2 aromatic heterocycles. The number of para-hydroxylation sites is 1. The normalized spacial score (nSPS) is 15.7. The summed E-state index contributed by atoms with van der Waals surface area (Å²) in [5, 5.41) is 7.34. The molecule has 0 fully saturated rings. The quantitative estimate of drug-likeness (QED) is 0.616. The summed E-state index contributed by atoms with van der Waals surface area (Å²) in [5.41, 5.74) is 3.33. The summed E-state index contributed by atoms with van der Waals surface area (Å²) in [6.45, 7) is 9.83. The van der Waals surface area contributed by atoms with Crippen molar-refractivity contribution in [3.05, 3.63) is 59.0 Å². The Bertz CT molecular complexity index is 1130. The van der Waals surface area contributed by atoms with Crippen molar-refractivity contribution in [2.75, 3.05) is 18.5 Å². The van der Waals surface area contributed by atoms with Crippen LogP contribution in [-0.4, -0.2) is 24.0 Å². The van der Waals surface area contributed by atoms with Crippen molar-refractivity contribution in [2.45, 2.75) is 34.2 Å². The van der Waals surface area contributed by atoms with Gasteiger partial charge in [0.25, 0.3) is 0 Å². The number of pyridine rings is 1. The SMILES string of the molecule is CC(=Cc1cnc2c(c1)OCC(C)(C)CN2)C(=O)NCc1oc2ccccc2c1C. The molecule has 0 atom stereocenters. The fourth-order valence-electron chi connectivity index (χ4n) is 3.44. The number of carbonyl (C=O) groups is 1. The average molecular weight is 405 g/mol. The van der Waals surface area contributed by atoms with Crippen LogP contribution in [0.3, 0.4) is 0 Å². The number of nitrogens with one attached hydrogen (secondary N) is 2. The van der Waals surface area contributed by atoms with Gasteiger partial charge in [-0.25, -0.2) is 4.98 Å². The number of rotatable bonds is 4. The molecule has 0 aliphatic carbocycles. The maximum atomic E-state index is 12.6. The van der Waals surface area contributed by atoms with Gasteiger partial charge < -0.3 is 19.8 Å². The van der Waals surface area contributed by atoms with E-state index in [-0.39, 0.29) is 11.3 Å². The van der Waals surface area contributed by atoms with Crippen molar-refractivity contribution >= 4 is 28.8 Å². The van der Waals surface area contributed by atoms with Crippen LogP contribution in [0.25, 0.3) is 17.0 Å². The van der Waals surface area contributed by atoms with Crippen LogP contribution in [0.5, 0.6) is 5.75 Å². The summed E-state index contributed by atoms with van der Waals surface area (Å²) in [6.07, 6.45) is 3.56. The minimum atomic E-state index is -0.148. The molecule has 1 aromatic carbocycles. The minimum Gasteiger partial charge on any atom is -0.489 e. The number of furan rings is 1. The van der Waals surface area contributed by atoms with E-state index in [9.17, 15) is 4.79 Å². The number of fused-ring (bicyclic) bond motifs is 2. The molecule has 0 radical (unpaired) electrons. The predicted octanol–water partition coefficient (Wildman–Crippen LogP) is 4.69. The summed E-state index contributed by atoms with van der Waals surface area (Å²) in [7, 11) is 0. The van der Waals surface area contributed by atoms with Crippen molar-refractivity contribution in [1.82, 2.24) is 10.3 Å². The van der Waals surface area contributed by atoms with Gasteiger partial charge in [-0.1, -0.05) is 32.0 Å². The minimum absolute atomic E-state index is 0.0291. The second-order valence-electron chi connectivity index (χ2n) is 8.58. The number of hydrogen-bond acceptors (Lipinski definition) is 5. The highest BCUT2D eigenvalue weighted by molar-refractivity contribution is 5.97. The van der Waals surface area contributed by atoms with Crippen molar-refractivity contribution < 1.29 is 13.9 Å². The van der Waals surface area contributed by atoms with Crippen LogP contribution in [-0.2, 0) is 11.3 Å². The van der Waals surface area contributed by atoms with Gasteiger partial charge in [0.05, 0.1) is 13.2 Å². The van der Waals surface area contributed by atoms with E-state index >= 15 is 0 Å². The number of nitrogens with zero attached hydrogens (tertiary/aromatic N) is 1. The number of hydrogen-bond donors (Lipinski definition) is 2. The molecule has 0 saturated heterocycles. The van der Waals surface area contributed by atoms with Crippen LogP contribution >= 0.6 is 0 Å². The predicted molar refractivity (Wildman–Crippen MR) is 118 cm³/mol. The van der Waals surface area contributed by atoms with E-state index in [0.717, 1.165) is 40.2 Å². The molecule has 0 saturated carbocycles. The fraction of sp³-hybridized carbons (Fsp3) is 0.333. The molecular formula is C24H27N3O3. The van der Waals surface area contributed by atoms with E-state index in [1.165, 1.54) is 0 Å². The highest BCUT2D eigenvalue weighted by atomic mass is 16.5. The van der Waals surface area contributed by atoms with Gasteiger partial charge in [0.15, 0.2) is 11.6 Å². The van der Waals surface area contributed by atoms with Crippen LogP contribution in [0.2, 0.25) is 0 Å². The van der Waals surface area contributed by atoms with E-state index in [0.29, 0.717) is 24.5 Å². The molecule has 6 nitrogen and oxygen atoms in total. The summed E-state index contributed by atoms with van der Waals surface area (Å²) in [6, 6.07) is 9.79. The lowest BCUT2D eigenvalue weighted by molar-refractivity contribution is -0.117. The first-order valence-corrected chi connectivity index (χ1v) is 10.1. The molecule has 2 N–H and O–H groups in total. The third kappa shape index (κ3) is 4.17. The third-order valence-corrected chi connectivity index (χ3v) is 5.32. The van der Waals surface area contributed by atoms with Crippen LogP contribution in [0, 0.1) is 12.3 Å². The Morgan fingerprint density at radius 1 is 1.33 bits per heavy atom. The average Bonchev–Trinajstić information content (AvgIpc) is 2.96. The molecule has 1 amide bonds. The van der Waals surface area contributed by atoms with Crippen molar-refractivity contribution in [1.29, 1.82) is 0 Å². The molecule has 0 spiro atoms. The summed E-state index contributed by atoms with van der Waals surface area (Å²) in [4.78, 5) is 17.1. The van der Waals surface area contributed by atoms with Gasteiger partial charge in [-0.2, -0.15) is 0 Å². The van der Waals surface area contributed by atoms with Gasteiger partial charge in [-0.05, 0) is 37.6 Å². The number of ether oxygens (including phenoxy) is 1. The Labute approximate surface area is 176 Å². The molecule has 156 valence electrons. The molecule has 3 aromatic rings. The van der Waals surface area contributed by atoms with Gasteiger partial charge in [0.2, 0.25) is 5.91 Å². The van der Waals surface area contributed by atoms with Gasteiger partial charge in [-0.15, -0.1) is 0 Å².